The van der Waals surface area contributed by atoms with Gasteiger partial charge in [0.2, 0.25) is 0 Å². The average molecular weight is 477 g/mol. The highest BCUT2D eigenvalue weighted by Gasteiger charge is 2.56. The second kappa shape index (κ2) is 7.76. The summed E-state index contributed by atoms with van der Waals surface area (Å²) in [6, 6.07) is 2.75. The van der Waals surface area contributed by atoms with Crippen LogP contribution in [0.4, 0.5) is 20.7 Å². The van der Waals surface area contributed by atoms with Gasteiger partial charge in [-0.15, -0.1) is 0 Å². The number of anilines is 2. The van der Waals surface area contributed by atoms with Crippen molar-refractivity contribution in [3.63, 3.8) is 0 Å². The van der Waals surface area contributed by atoms with Crippen LogP contribution >= 0.6 is 0 Å². The molecule has 1 unspecified atom stereocenters. The van der Waals surface area contributed by atoms with Crippen molar-refractivity contribution in [2.45, 2.75) is 32.2 Å². The van der Waals surface area contributed by atoms with Gasteiger partial charge in [0, 0.05) is 49.8 Å². The van der Waals surface area contributed by atoms with Crippen molar-refractivity contribution >= 4 is 39.5 Å². The summed E-state index contributed by atoms with van der Waals surface area (Å²) in [5.41, 5.74) is 2.77. The van der Waals surface area contributed by atoms with Crippen LogP contribution in [0.25, 0.3) is 21.9 Å². The van der Waals surface area contributed by atoms with Gasteiger partial charge < -0.3 is 25.6 Å². The fourth-order valence-corrected chi connectivity index (χ4v) is 5.23. The van der Waals surface area contributed by atoms with Crippen LogP contribution in [0.5, 0.6) is 0 Å². The summed E-state index contributed by atoms with van der Waals surface area (Å²) in [6.07, 6.45) is 4.85. The zero-order chi connectivity index (χ0) is 24.3. The minimum atomic E-state index is -1.02. The number of benzene rings is 1. The van der Waals surface area contributed by atoms with Crippen molar-refractivity contribution in [1.29, 1.82) is 0 Å². The molecular weight excluding hydrogens is 451 g/mol. The van der Waals surface area contributed by atoms with Crippen LogP contribution in [0.3, 0.4) is 0 Å². The van der Waals surface area contributed by atoms with Gasteiger partial charge in [-0.25, -0.2) is 29.1 Å². The molecule has 1 atom stereocenters. The van der Waals surface area contributed by atoms with Crippen molar-refractivity contribution in [3.8, 4) is 0 Å². The van der Waals surface area contributed by atoms with Gasteiger partial charge in [0.1, 0.15) is 28.9 Å². The van der Waals surface area contributed by atoms with E-state index in [4.69, 9.17) is 9.97 Å². The summed E-state index contributed by atoms with van der Waals surface area (Å²) in [5, 5.41) is 16.5. The monoisotopic (exact) mass is 476 g/mol. The topological polar surface area (TPSA) is 132 Å². The molecule has 0 bridgehead atoms. The van der Waals surface area contributed by atoms with E-state index in [1.807, 2.05) is 6.92 Å². The van der Waals surface area contributed by atoms with E-state index < -0.39 is 6.09 Å². The van der Waals surface area contributed by atoms with E-state index in [1.165, 1.54) is 12.1 Å². The number of aryl methyl sites for hydroxylation is 1. The first-order valence-corrected chi connectivity index (χ1v) is 11.6. The lowest BCUT2D eigenvalue weighted by Gasteiger charge is -2.19. The Morgan fingerprint density at radius 3 is 2.74 bits per heavy atom. The van der Waals surface area contributed by atoms with Crippen molar-refractivity contribution in [1.82, 2.24) is 30.2 Å². The number of carboxylic acid groups (broad SMARTS) is 1. The van der Waals surface area contributed by atoms with Crippen LogP contribution < -0.4 is 15.5 Å². The summed E-state index contributed by atoms with van der Waals surface area (Å²) in [6.45, 7) is 3.00. The van der Waals surface area contributed by atoms with E-state index in [1.54, 1.807) is 19.4 Å². The molecule has 0 radical (unpaired) electrons. The van der Waals surface area contributed by atoms with E-state index in [0.29, 0.717) is 53.7 Å². The molecule has 1 saturated heterocycles. The predicted molar refractivity (Wildman–Crippen MR) is 129 cm³/mol. The molecule has 2 aliphatic rings. The molecule has 2 fully saturated rings. The standard InChI is InChI=1S/C24H25FN8O2/c1-12-27-8-13(9-28-12)5-18-30-21-19(15-6-14(25)7-16(26-2)20(15)32-21)22(31-18)33-10-17(29-23(34)35)24(11-33)3-4-24/h6-9,17,26,29H,3-5,10-11H2,1-2H3,(H,34,35)(H,30,31,32). The minimum absolute atomic E-state index is 0.0892. The zero-order valence-corrected chi connectivity index (χ0v) is 19.4. The molecular formula is C24H25FN8O2. The highest BCUT2D eigenvalue weighted by molar-refractivity contribution is 6.14. The van der Waals surface area contributed by atoms with Crippen molar-refractivity contribution in [3.05, 3.63) is 47.6 Å². The molecule has 1 amide bonds. The number of aromatic nitrogens is 5. The molecule has 1 aliphatic heterocycles. The van der Waals surface area contributed by atoms with Gasteiger partial charge >= 0.3 is 6.09 Å². The van der Waals surface area contributed by atoms with Crippen LogP contribution in [0.1, 0.15) is 30.1 Å². The van der Waals surface area contributed by atoms with Gasteiger partial charge in [0.15, 0.2) is 0 Å². The number of fused-ring (bicyclic) bond motifs is 3. The Morgan fingerprint density at radius 1 is 1.29 bits per heavy atom. The maximum absolute atomic E-state index is 14.5. The number of carbonyl (C=O) groups is 1. The van der Waals surface area contributed by atoms with Crippen molar-refractivity contribution < 1.29 is 14.3 Å². The second-order valence-corrected chi connectivity index (χ2v) is 9.50. The van der Waals surface area contributed by atoms with Gasteiger partial charge in [-0.1, -0.05) is 0 Å². The van der Waals surface area contributed by atoms with Crippen LogP contribution in [-0.4, -0.2) is 62.3 Å². The minimum Gasteiger partial charge on any atom is -0.465 e. The van der Waals surface area contributed by atoms with Gasteiger partial charge in [-0.2, -0.15) is 0 Å². The number of hydrogen-bond donors (Lipinski definition) is 4. The Morgan fingerprint density at radius 2 is 2.06 bits per heavy atom. The SMILES string of the molecule is CNc1cc(F)cc2c1[nH]c1nc(Cc3cnc(C)nc3)nc(N3CC(NC(=O)O)C4(CC4)C3)c12. The third kappa shape index (κ3) is 3.67. The smallest absolute Gasteiger partial charge is 0.404 e. The number of nitrogens with one attached hydrogen (secondary N) is 3. The number of nitrogens with zero attached hydrogens (tertiary/aromatic N) is 5. The zero-order valence-electron chi connectivity index (χ0n) is 19.4. The molecule has 4 heterocycles. The van der Waals surface area contributed by atoms with E-state index in [2.05, 4.69) is 30.5 Å². The number of hydrogen-bond acceptors (Lipinski definition) is 7. The number of aromatic amines is 1. The van der Waals surface area contributed by atoms with Crippen LogP contribution in [-0.2, 0) is 6.42 Å². The van der Waals surface area contributed by atoms with E-state index in [-0.39, 0.29) is 17.3 Å². The third-order valence-electron chi connectivity index (χ3n) is 7.16. The Labute approximate surface area is 200 Å². The molecule has 35 heavy (non-hydrogen) atoms. The van der Waals surface area contributed by atoms with Crippen LogP contribution in [0, 0.1) is 18.2 Å². The quantitative estimate of drug-likeness (QED) is 0.345. The Hall–Kier alpha value is -4.02. The molecule has 1 saturated carbocycles. The van der Waals surface area contributed by atoms with E-state index >= 15 is 0 Å². The molecule has 6 rings (SSSR count). The fourth-order valence-electron chi connectivity index (χ4n) is 5.23. The molecule has 4 N–H and O–H groups in total. The summed E-state index contributed by atoms with van der Waals surface area (Å²) in [5.74, 6) is 1.59. The first-order chi connectivity index (χ1) is 16.8. The molecule has 3 aromatic heterocycles. The maximum Gasteiger partial charge on any atom is 0.404 e. The Balaban J connectivity index is 1.51. The number of halogens is 1. The van der Waals surface area contributed by atoms with E-state index in [9.17, 15) is 14.3 Å². The van der Waals surface area contributed by atoms with Gasteiger partial charge in [0.05, 0.1) is 22.6 Å². The third-order valence-corrected chi connectivity index (χ3v) is 7.16. The van der Waals surface area contributed by atoms with Crippen LogP contribution in [0.2, 0.25) is 0 Å². The second-order valence-electron chi connectivity index (χ2n) is 9.50. The van der Waals surface area contributed by atoms with Gasteiger partial charge in [0.25, 0.3) is 0 Å². The summed E-state index contributed by atoms with van der Waals surface area (Å²) < 4.78 is 14.5. The molecule has 11 heteroatoms. The number of H-pyrrole nitrogens is 1. The summed E-state index contributed by atoms with van der Waals surface area (Å²) >= 11 is 0. The molecule has 1 aromatic carbocycles. The molecule has 4 aromatic rings. The average Bonchev–Trinajstić information content (AvgIpc) is 3.39. The highest BCUT2D eigenvalue weighted by atomic mass is 19.1. The molecule has 10 nitrogen and oxygen atoms in total. The van der Waals surface area contributed by atoms with Gasteiger partial charge in [-0.3, -0.25) is 0 Å². The normalized spacial score (nSPS) is 18.5. The Bertz CT molecular complexity index is 1460. The molecule has 1 spiro atoms. The number of amides is 1. The largest absolute Gasteiger partial charge is 0.465 e. The molecule has 1 aliphatic carbocycles. The predicted octanol–water partition coefficient (Wildman–Crippen LogP) is 3.22. The number of rotatable bonds is 5. The fraction of sp³-hybridized carbons (Fsp3) is 0.375. The summed E-state index contributed by atoms with van der Waals surface area (Å²) in [4.78, 5) is 35.2. The molecule has 180 valence electrons. The van der Waals surface area contributed by atoms with Crippen LogP contribution in [0.15, 0.2) is 24.5 Å². The van der Waals surface area contributed by atoms with Crippen molar-refractivity contribution in [2.75, 3.05) is 30.4 Å². The van der Waals surface area contributed by atoms with E-state index in [0.717, 1.165) is 29.3 Å². The first kappa shape index (κ1) is 21.5. The summed E-state index contributed by atoms with van der Waals surface area (Å²) in [7, 11) is 1.74. The Kier molecular flexibility index (Phi) is 4.77. The lowest BCUT2D eigenvalue weighted by Crippen LogP contribution is -2.40. The van der Waals surface area contributed by atoms with Crippen molar-refractivity contribution in [2.24, 2.45) is 5.41 Å². The van der Waals surface area contributed by atoms with Gasteiger partial charge in [-0.05, 0) is 37.5 Å². The maximum atomic E-state index is 14.5. The first-order valence-electron chi connectivity index (χ1n) is 11.6. The lowest BCUT2D eigenvalue weighted by atomic mass is 10.0. The lowest BCUT2D eigenvalue weighted by molar-refractivity contribution is 0.186. The highest BCUT2D eigenvalue weighted by Crippen LogP contribution is 2.54.